The Balaban J connectivity index is 1.13. The van der Waals surface area contributed by atoms with Crippen LogP contribution in [0.25, 0.3) is 4.83 Å². The number of methoxy groups -OCH3 is 1. The summed E-state index contributed by atoms with van der Waals surface area (Å²) < 4.78 is 48.1. The first-order chi connectivity index (χ1) is 16.1. The van der Waals surface area contributed by atoms with E-state index in [9.17, 15) is 22.8 Å². The summed E-state index contributed by atoms with van der Waals surface area (Å²) in [5.74, 6) is -0.322. The fourth-order valence-corrected chi connectivity index (χ4v) is 5.41. The van der Waals surface area contributed by atoms with E-state index in [2.05, 4.69) is 20.5 Å². The number of rotatable bonds is 5. The molecule has 1 aliphatic carbocycles. The number of anilines is 1. The number of nitrogens with zero attached hydrogens (tertiary/aromatic N) is 3. The van der Waals surface area contributed by atoms with E-state index in [1.165, 1.54) is 24.5 Å². The van der Waals surface area contributed by atoms with Crippen LogP contribution in [-0.2, 0) is 0 Å². The van der Waals surface area contributed by atoms with Gasteiger partial charge in [-0.3, -0.25) is 4.79 Å². The fraction of sp³-hybridized carbons (Fsp3) is 0.381. The fourth-order valence-electron chi connectivity index (χ4n) is 4.62. The van der Waals surface area contributed by atoms with Crippen molar-refractivity contribution in [3.63, 3.8) is 0 Å². The van der Waals surface area contributed by atoms with E-state index < -0.39 is 18.1 Å². The van der Waals surface area contributed by atoms with Crippen LogP contribution in [0.1, 0.15) is 23.2 Å². The van der Waals surface area contributed by atoms with Gasteiger partial charge in [0.1, 0.15) is 16.3 Å². The van der Waals surface area contributed by atoms with Gasteiger partial charge in [0.05, 0.1) is 24.6 Å². The summed E-state index contributed by atoms with van der Waals surface area (Å²) in [5.41, 5.74) is 0.620. The molecule has 1 saturated carbocycles. The second-order valence-electron chi connectivity index (χ2n) is 8.49. The molecule has 2 N–H and O–H groups in total. The lowest BCUT2D eigenvalue weighted by Gasteiger charge is -2.58. The molecule has 34 heavy (non-hydrogen) atoms. The summed E-state index contributed by atoms with van der Waals surface area (Å²) in [5, 5.41) is 11.4. The van der Waals surface area contributed by atoms with Crippen molar-refractivity contribution in [3.05, 3.63) is 41.5 Å². The highest BCUT2D eigenvalue weighted by atomic mass is 32.1. The Labute approximate surface area is 195 Å². The molecule has 0 radical (unpaired) electrons. The molecule has 1 aromatic carbocycles. The predicted octanol–water partition coefficient (Wildman–Crippen LogP) is 3.73. The number of benzene rings is 1. The predicted molar refractivity (Wildman–Crippen MR) is 116 cm³/mol. The average Bonchev–Trinajstić information content (AvgIpc) is 3.31. The third-order valence-electron chi connectivity index (χ3n) is 6.05. The summed E-state index contributed by atoms with van der Waals surface area (Å²) in [4.78, 5) is 27.8. The Morgan fingerprint density at radius 3 is 2.74 bits per heavy atom. The smallest absolute Gasteiger partial charge is 0.495 e. The minimum Gasteiger partial charge on any atom is -0.495 e. The summed E-state index contributed by atoms with van der Waals surface area (Å²) in [7, 11) is 1.34. The quantitative estimate of drug-likeness (QED) is 0.562. The first kappa shape index (κ1) is 22.3. The van der Waals surface area contributed by atoms with Crippen molar-refractivity contribution in [1.29, 1.82) is 0 Å². The molecular weight excluding hydrogens is 475 g/mol. The number of urea groups is 1. The molecule has 2 fully saturated rings. The molecule has 13 heteroatoms. The lowest BCUT2D eigenvalue weighted by molar-refractivity contribution is -0.274. The van der Waals surface area contributed by atoms with E-state index in [1.54, 1.807) is 21.8 Å². The first-order valence-electron chi connectivity index (χ1n) is 10.4. The molecule has 5 rings (SSSR count). The van der Waals surface area contributed by atoms with Gasteiger partial charge in [-0.1, -0.05) is 0 Å². The first-order valence-corrected chi connectivity index (χ1v) is 11.2. The van der Waals surface area contributed by atoms with Crippen LogP contribution in [0.3, 0.4) is 0 Å². The summed E-state index contributed by atoms with van der Waals surface area (Å²) in [6.07, 6.45) is -0.0448. The molecule has 180 valence electrons. The third-order valence-corrected chi connectivity index (χ3v) is 6.94. The van der Waals surface area contributed by atoms with Gasteiger partial charge in [0, 0.05) is 42.2 Å². The number of thiazole rings is 1. The highest BCUT2D eigenvalue weighted by Gasteiger charge is 2.54. The van der Waals surface area contributed by atoms with Gasteiger partial charge in [0.15, 0.2) is 0 Å². The van der Waals surface area contributed by atoms with Crippen molar-refractivity contribution in [2.24, 2.45) is 5.41 Å². The van der Waals surface area contributed by atoms with Gasteiger partial charge in [-0.25, -0.2) is 9.31 Å². The van der Waals surface area contributed by atoms with Crippen LogP contribution in [0.15, 0.2) is 36.0 Å². The van der Waals surface area contributed by atoms with Gasteiger partial charge in [-0.2, -0.15) is 5.10 Å². The van der Waals surface area contributed by atoms with E-state index in [-0.39, 0.29) is 28.8 Å². The summed E-state index contributed by atoms with van der Waals surface area (Å²) in [6.45, 7) is 1.22. The molecule has 3 amide bonds. The van der Waals surface area contributed by atoms with Crippen LogP contribution in [-0.4, -0.2) is 59.1 Å². The van der Waals surface area contributed by atoms with Crippen molar-refractivity contribution in [2.75, 3.05) is 25.5 Å². The van der Waals surface area contributed by atoms with Crippen LogP contribution >= 0.6 is 11.3 Å². The molecule has 0 bridgehead atoms. The third kappa shape index (κ3) is 4.22. The molecule has 3 heterocycles. The van der Waals surface area contributed by atoms with Gasteiger partial charge in [-0.15, -0.1) is 24.5 Å². The van der Waals surface area contributed by atoms with Crippen LogP contribution in [0.4, 0.5) is 23.7 Å². The number of carbonyl (C=O) groups is 2. The number of amides is 3. The number of halogens is 3. The Morgan fingerprint density at radius 1 is 1.26 bits per heavy atom. The van der Waals surface area contributed by atoms with Crippen molar-refractivity contribution in [1.82, 2.24) is 19.8 Å². The number of aromatic nitrogens is 2. The molecule has 1 saturated heterocycles. The van der Waals surface area contributed by atoms with E-state index >= 15 is 0 Å². The molecule has 1 spiro atoms. The van der Waals surface area contributed by atoms with E-state index in [4.69, 9.17) is 4.74 Å². The van der Waals surface area contributed by atoms with Crippen molar-refractivity contribution in [3.8, 4) is 11.5 Å². The molecule has 9 nitrogen and oxygen atoms in total. The highest BCUT2D eigenvalue weighted by Crippen LogP contribution is 2.49. The number of alkyl halides is 3. The van der Waals surface area contributed by atoms with Crippen molar-refractivity contribution < 1.29 is 32.2 Å². The van der Waals surface area contributed by atoms with Gasteiger partial charge < -0.3 is 25.0 Å². The number of nitrogens with one attached hydrogen (secondary N) is 2. The number of likely N-dealkylation sites (tertiary alicyclic amines) is 1. The van der Waals surface area contributed by atoms with Crippen molar-refractivity contribution in [2.45, 2.75) is 25.2 Å². The second-order valence-corrected chi connectivity index (χ2v) is 9.38. The Hall–Kier alpha value is -3.48. The van der Waals surface area contributed by atoms with E-state index in [1.807, 2.05) is 5.38 Å². The van der Waals surface area contributed by atoms with Gasteiger partial charge in [-0.05, 0) is 25.0 Å². The van der Waals surface area contributed by atoms with Crippen LogP contribution in [0.2, 0.25) is 0 Å². The van der Waals surface area contributed by atoms with E-state index in [0.717, 1.165) is 17.0 Å². The number of hydrogen-bond donors (Lipinski definition) is 2. The maximum absolute atomic E-state index is 12.8. The monoisotopic (exact) mass is 495 g/mol. The molecular formula is C21H20F3N5O4S. The van der Waals surface area contributed by atoms with Gasteiger partial charge in [0.2, 0.25) is 0 Å². The molecule has 1 aliphatic heterocycles. The SMILES string of the molecule is COc1ccc(OC(F)(F)F)cc1NC(=O)NC1CC2(C1)CN(C(=O)c1cnn3ccsc13)C2. The standard InChI is InChI=1S/C21H20F3N5O4S/c1-32-16-3-2-13(33-21(22,23)24)6-15(16)27-19(31)26-12-7-20(8-12)10-28(11-20)17(30)14-9-25-29-4-5-34-18(14)29/h2-6,9,12H,7-8,10-11H2,1H3,(H2,26,27,31). The van der Waals surface area contributed by atoms with Crippen LogP contribution in [0.5, 0.6) is 11.5 Å². The Morgan fingerprint density at radius 2 is 2.03 bits per heavy atom. The topological polar surface area (TPSA) is 97.2 Å². The van der Waals surface area contributed by atoms with Crippen LogP contribution in [0, 0.1) is 5.41 Å². The van der Waals surface area contributed by atoms with Crippen LogP contribution < -0.4 is 20.1 Å². The number of ether oxygens (including phenoxy) is 2. The minimum atomic E-state index is -4.85. The highest BCUT2D eigenvalue weighted by molar-refractivity contribution is 7.15. The van der Waals surface area contributed by atoms with Gasteiger partial charge in [0.25, 0.3) is 5.91 Å². The molecule has 0 atom stereocenters. The lowest BCUT2D eigenvalue weighted by Crippen LogP contribution is -2.67. The molecule has 0 unspecified atom stereocenters. The zero-order valence-corrected chi connectivity index (χ0v) is 18.7. The maximum atomic E-state index is 12.8. The zero-order valence-electron chi connectivity index (χ0n) is 17.9. The maximum Gasteiger partial charge on any atom is 0.573 e. The number of carbonyl (C=O) groups excluding carboxylic acids is 2. The molecule has 2 aliphatic rings. The van der Waals surface area contributed by atoms with E-state index in [0.29, 0.717) is 31.5 Å². The lowest BCUT2D eigenvalue weighted by atomic mass is 9.60. The Bertz CT molecular complexity index is 1240. The Kier molecular flexibility index (Phi) is 5.30. The summed E-state index contributed by atoms with van der Waals surface area (Å²) >= 11 is 1.46. The molecule has 3 aromatic rings. The number of hydrogen-bond acceptors (Lipinski definition) is 6. The average molecular weight is 495 g/mol. The second kappa shape index (κ2) is 8.08. The minimum absolute atomic E-state index is 0.0203. The number of fused-ring (bicyclic) bond motifs is 1. The van der Waals surface area contributed by atoms with Gasteiger partial charge >= 0.3 is 12.4 Å². The summed E-state index contributed by atoms with van der Waals surface area (Å²) in [6, 6.07) is 2.76. The molecule has 2 aromatic heterocycles. The largest absolute Gasteiger partial charge is 0.573 e. The normalized spacial score (nSPS) is 17.2. The zero-order chi connectivity index (χ0) is 24.1. The van der Waals surface area contributed by atoms with Crippen molar-refractivity contribution >= 4 is 33.8 Å².